The number of carbonyl (C=O) groups is 3. The van der Waals surface area contributed by atoms with E-state index in [1.165, 1.54) is 4.90 Å². The number of anilines is 1. The van der Waals surface area contributed by atoms with Crippen LogP contribution in [-0.4, -0.2) is 59.8 Å². The molecule has 0 spiro atoms. The van der Waals surface area contributed by atoms with E-state index >= 15 is 0 Å². The zero-order valence-electron chi connectivity index (χ0n) is 18.7. The summed E-state index contributed by atoms with van der Waals surface area (Å²) in [5, 5.41) is 0.957. The monoisotopic (exact) mass is 433 g/mol. The second-order valence-corrected chi connectivity index (χ2v) is 9.77. The zero-order valence-corrected chi connectivity index (χ0v) is 18.7. The number of pyridine rings is 1. The Balaban J connectivity index is 1.70. The molecule has 2 fully saturated rings. The van der Waals surface area contributed by atoms with E-state index in [4.69, 9.17) is 4.74 Å². The minimum absolute atomic E-state index is 0.0427. The highest BCUT2D eigenvalue weighted by Crippen LogP contribution is 2.51. The minimum atomic E-state index is -0.731. The van der Waals surface area contributed by atoms with Gasteiger partial charge in [-0.25, -0.2) is 0 Å². The van der Waals surface area contributed by atoms with Crippen LogP contribution in [0.5, 0.6) is 0 Å². The van der Waals surface area contributed by atoms with Crippen molar-refractivity contribution in [1.29, 1.82) is 0 Å². The number of rotatable bonds is 4. The number of carbonyl (C=O) groups excluding carboxylic acids is 3. The summed E-state index contributed by atoms with van der Waals surface area (Å²) in [7, 11) is 1.54. The van der Waals surface area contributed by atoms with Gasteiger partial charge in [0.25, 0.3) is 0 Å². The molecule has 5 rings (SSSR count). The average Bonchev–Trinajstić information content (AvgIpc) is 3.23. The van der Waals surface area contributed by atoms with Crippen LogP contribution in [0.1, 0.15) is 26.3 Å². The summed E-state index contributed by atoms with van der Waals surface area (Å²) < 4.78 is 5.11. The van der Waals surface area contributed by atoms with E-state index < -0.39 is 23.3 Å². The van der Waals surface area contributed by atoms with Crippen molar-refractivity contribution >= 4 is 40.3 Å². The Bertz CT molecular complexity index is 1170. The van der Waals surface area contributed by atoms with Gasteiger partial charge in [0.1, 0.15) is 6.04 Å². The molecule has 3 aliphatic heterocycles. The molecule has 7 heteroatoms. The molecule has 4 heterocycles. The number of nitrogens with zero attached hydrogens (tertiary/aromatic N) is 3. The molecule has 0 unspecified atom stereocenters. The lowest BCUT2D eigenvalue weighted by atomic mass is 9.79. The summed E-state index contributed by atoms with van der Waals surface area (Å²) in [4.78, 5) is 48.6. The number of likely N-dealkylation sites (tertiary alicyclic amines) is 1. The second-order valence-electron chi connectivity index (χ2n) is 9.77. The van der Waals surface area contributed by atoms with Crippen molar-refractivity contribution < 1.29 is 19.1 Å². The van der Waals surface area contributed by atoms with Gasteiger partial charge in [0.2, 0.25) is 11.8 Å². The van der Waals surface area contributed by atoms with Crippen molar-refractivity contribution in [3.63, 3.8) is 0 Å². The maximum Gasteiger partial charge on any atom is 0.235 e. The van der Waals surface area contributed by atoms with Gasteiger partial charge in [0.15, 0.2) is 5.78 Å². The predicted octanol–water partition coefficient (Wildman–Crippen LogP) is 2.68. The summed E-state index contributed by atoms with van der Waals surface area (Å²) in [6.07, 6.45) is 5.69. The van der Waals surface area contributed by atoms with Crippen molar-refractivity contribution in [2.45, 2.75) is 32.9 Å². The quantitative estimate of drug-likeness (QED) is 0.690. The highest BCUT2D eigenvalue weighted by Gasteiger charge is 2.64. The van der Waals surface area contributed by atoms with Gasteiger partial charge in [-0.3, -0.25) is 24.3 Å². The first-order chi connectivity index (χ1) is 15.3. The van der Waals surface area contributed by atoms with Crippen LogP contribution in [0.2, 0.25) is 0 Å². The molecule has 0 bridgehead atoms. The average molecular weight is 434 g/mol. The topological polar surface area (TPSA) is 79.8 Å². The van der Waals surface area contributed by atoms with E-state index in [0.29, 0.717) is 0 Å². The molecule has 7 nitrogen and oxygen atoms in total. The van der Waals surface area contributed by atoms with E-state index in [1.54, 1.807) is 13.3 Å². The SMILES string of the molecule is COCCN1C(=O)[C@@H]2[C@H](C1=O)[C@H]1C=Cc3ccc4cccnc4c3N1[C@@H]2C(=O)C(C)(C)C. The van der Waals surface area contributed by atoms with Gasteiger partial charge in [-0.1, -0.05) is 51.1 Å². The first-order valence-corrected chi connectivity index (χ1v) is 11.0. The van der Waals surface area contributed by atoms with Crippen LogP contribution in [0, 0.1) is 17.3 Å². The summed E-state index contributed by atoms with van der Waals surface area (Å²) in [6.45, 7) is 6.07. The van der Waals surface area contributed by atoms with E-state index in [-0.39, 0.29) is 36.8 Å². The van der Waals surface area contributed by atoms with E-state index in [2.05, 4.69) is 4.98 Å². The van der Waals surface area contributed by atoms with Gasteiger partial charge >= 0.3 is 0 Å². The number of aromatic nitrogens is 1. The third-order valence-electron chi connectivity index (χ3n) is 6.86. The molecule has 32 heavy (non-hydrogen) atoms. The normalized spacial score (nSPS) is 26.5. The van der Waals surface area contributed by atoms with Gasteiger partial charge in [-0.05, 0) is 11.6 Å². The van der Waals surface area contributed by atoms with Gasteiger partial charge in [-0.15, -0.1) is 0 Å². The fourth-order valence-corrected chi connectivity index (χ4v) is 5.39. The smallest absolute Gasteiger partial charge is 0.235 e. The molecule has 3 aliphatic rings. The van der Waals surface area contributed by atoms with Crippen LogP contribution in [0.25, 0.3) is 17.0 Å². The molecule has 2 amide bonds. The van der Waals surface area contributed by atoms with E-state index in [9.17, 15) is 14.4 Å². The molecule has 2 aromatic rings. The van der Waals surface area contributed by atoms with Crippen LogP contribution in [-0.2, 0) is 19.1 Å². The van der Waals surface area contributed by atoms with Crippen LogP contribution in [0.3, 0.4) is 0 Å². The number of hydrogen-bond donors (Lipinski definition) is 0. The molecule has 1 aromatic heterocycles. The Hall–Kier alpha value is -3.06. The van der Waals surface area contributed by atoms with Crippen molar-refractivity contribution in [3.8, 4) is 0 Å². The molecule has 2 saturated heterocycles. The van der Waals surface area contributed by atoms with Crippen molar-refractivity contribution in [3.05, 3.63) is 42.1 Å². The molecular weight excluding hydrogens is 406 g/mol. The summed E-state index contributed by atoms with van der Waals surface area (Å²) >= 11 is 0. The molecular formula is C25H27N3O4. The summed E-state index contributed by atoms with van der Waals surface area (Å²) in [5.74, 6) is -1.86. The van der Waals surface area contributed by atoms with Crippen molar-refractivity contribution in [2.24, 2.45) is 17.3 Å². The minimum Gasteiger partial charge on any atom is -0.383 e. The van der Waals surface area contributed by atoms with Gasteiger partial charge in [-0.2, -0.15) is 0 Å². The number of ether oxygens (including phenoxy) is 1. The molecule has 4 atom stereocenters. The lowest BCUT2D eigenvalue weighted by Crippen LogP contribution is -2.51. The summed E-state index contributed by atoms with van der Waals surface area (Å²) in [6, 6.07) is 6.77. The molecule has 0 N–H and O–H groups in total. The molecule has 166 valence electrons. The Labute approximate surface area is 187 Å². The fourth-order valence-electron chi connectivity index (χ4n) is 5.39. The third kappa shape index (κ3) is 2.84. The van der Waals surface area contributed by atoms with Crippen LogP contribution < -0.4 is 4.90 Å². The summed E-state index contributed by atoms with van der Waals surface area (Å²) in [5.41, 5.74) is 1.88. The number of imide groups is 1. The van der Waals surface area contributed by atoms with Crippen molar-refractivity contribution in [2.75, 3.05) is 25.2 Å². The Kier molecular flexibility index (Phi) is 4.71. The number of hydrogen-bond acceptors (Lipinski definition) is 6. The largest absolute Gasteiger partial charge is 0.383 e. The highest BCUT2D eigenvalue weighted by atomic mass is 16.5. The maximum atomic E-state index is 13.8. The molecule has 0 aliphatic carbocycles. The Morgan fingerprint density at radius 2 is 1.88 bits per heavy atom. The molecule has 0 radical (unpaired) electrons. The third-order valence-corrected chi connectivity index (χ3v) is 6.86. The van der Waals surface area contributed by atoms with Gasteiger partial charge in [0, 0.05) is 24.1 Å². The van der Waals surface area contributed by atoms with E-state index in [0.717, 1.165) is 22.2 Å². The van der Waals surface area contributed by atoms with Gasteiger partial charge < -0.3 is 9.64 Å². The van der Waals surface area contributed by atoms with Crippen LogP contribution in [0.15, 0.2) is 36.5 Å². The lowest BCUT2D eigenvalue weighted by molar-refractivity contribution is -0.142. The first kappa shape index (κ1) is 20.8. The maximum absolute atomic E-state index is 13.8. The number of fused-ring (bicyclic) bond motifs is 7. The van der Waals surface area contributed by atoms with E-state index in [1.807, 2.05) is 62.1 Å². The highest BCUT2D eigenvalue weighted by molar-refractivity contribution is 6.13. The molecule has 1 aromatic carbocycles. The second kappa shape index (κ2) is 7.24. The number of methoxy groups -OCH3 is 1. The predicted molar refractivity (Wildman–Crippen MR) is 121 cm³/mol. The van der Waals surface area contributed by atoms with Crippen LogP contribution in [0.4, 0.5) is 5.69 Å². The Morgan fingerprint density at radius 1 is 1.12 bits per heavy atom. The fraction of sp³-hybridized carbons (Fsp3) is 0.440. The molecule has 0 saturated carbocycles. The lowest BCUT2D eigenvalue weighted by Gasteiger charge is -2.39. The number of benzene rings is 1. The first-order valence-electron chi connectivity index (χ1n) is 11.0. The number of ketones is 1. The van der Waals surface area contributed by atoms with Gasteiger partial charge in [0.05, 0.1) is 42.2 Å². The zero-order chi connectivity index (χ0) is 22.8. The van der Waals surface area contributed by atoms with Crippen molar-refractivity contribution in [1.82, 2.24) is 9.88 Å². The Morgan fingerprint density at radius 3 is 2.59 bits per heavy atom. The number of Topliss-reactive ketones (excluding diaryl/α,β-unsaturated/α-hetero) is 1. The standard InChI is InChI=1S/C25H27N3O4/c1-25(2,3)22(29)21-18-17(23(30)27(24(18)31)12-13-32-4)16-10-9-15-8-7-14-6-5-11-26-19(14)20(15)28(16)21/h5-11,16-18,21H,12-13H2,1-4H3/t16-,17-,18-,21+/m1/s1. The van der Waals surface area contributed by atoms with Crippen LogP contribution >= 0.6 is 0 Å². The number of amides is 2.